The second-order valence-corrected chi connectivity index (χ2v) is 6.15. The maximum absolute atomic E-state index is 12.5. The number of aliphatic hydroxyl groups excluding tert-OH is 1. The van der Waals surface area contributed by atoms with E-state index in [-0.39, 0.29) is 40.5 Å². The molecule has 1 unspecified atom stereocenters. The third-order valence-corrected chi connectivity index (χ3v) is 4.63. The zero-order valence-corrected chi connectivity index (χ0v) is 14.7. The third-order valence-electron chi connectivity index (χ3n) is 3.81. The normalized spacial score (nSPS) is 16.1. The van der Waals surface area contributed by atoms with Crippen molar-refractivity contribution < 1.29 is 19.4 Å². The zero-order valence-electron chi connectivity index (χ0n) is 13.2. The van der Waals surface area contributed by atoms with E-state index in [4.69, 9.17) is 27.9 Å². The molecule has 1 aliphatic rings. The number of benzene rings is 1. The smallest absolute Gasteiger partial charge is 0.356 e. The van der Waals surface area contributed by atoms with E-state index in [0.717, 1.165) is 0 Å². The summed E-state index contributed by atoms with van der Waals surface area (Å²) in [6.45, 7) is 1.77. The average Bonchev–Trinajstić information content (AvgIpc) is 2.84. The number of ether oxygens (including phenoxy) is 1. The van der Waals surface area contributed by atoms with Crippen molar-refractivity contribution in [1.82, 2.24) is 9.88 Å². The van der Waals surface area contributed by atoms with Gasteiger partial charge < -0.3 is 14.7 Å². The molecular weight excluding hydrogens is 367 g/mol. The molecule has 1 N–H and O–H groups in total. The highest BCUT2D eigenvalue weighted by atomic mass is 35.5. The summed E-state index contributed by atoms with van der Waals surface area (Å²) < 4.78 is 4.91. The molecule has 1 atom stereocenters. The lowest BCUT2D eigenvalue weighted by Crippen LogP contribution is -2.28. The number of halogens is 2. The van der Waals surface area contributed by atoms with E-state index in [1.807, 2.05) is 0 Å². The van der Waals surface area contributed by atoms with Gasteiger partial charge in [0.05, 0.1) is 28.9 Å². The molecule has 2 heterocycles. The summed E-state index contributed by atoms with van der Waals surface area (Å²) in [6, 6.07) is 8.08. The second-order valence-electron chi connectivity index (χ2n) is 5.36. The Kier molecular flexibility index (Phi) is 4.94. The maximum atomic E-state index is 12.5. The van der Waals surface area contributed by atoms with Crippen molar-refractivity contribution in [3.8, 4) is 0 Å². The number of esters is 1. The number of fused-ring (bicyclic) bond motifs is 1. The molecule has 0 bridgehead atoms. The van der Waals surface area contributed by atoms with Crippen molar-refractivity contribution >= 4 is 35.1 Å². The lowest BCUT2D eigenvalue weighted by Gasteiger charge is -2.21. The van der Waals surface area contributed by atoms with E-state index < -0.39 is 12.2 Å². The Labute approximate surface area is 153 Å². The van der Waals surface area contributed by atoms with Gasteiger partial charge in [-0.05, 0) is 19.1 Å². The maximum Gasteiger partial charge on any atom is 0.356 e. The number of hydrogen-bond acceptors (Lipinski definition) is 5. The SMILES string of the molecule is CCOC(=O)c1cc(Cl)c(Cl)c(CN2C(=O)c3ccccc3C2O)n1. The molecule has 1 amide bonds. The van der Waals surface area contributed by atoms with E-state index in [0.29, 0.717) is 11.1 Å². The van der Waals surface area contributed by atoms with E-state index in [2.05, 4.69) is 4.98 Å². The molecule has 3 rings (SSSR count). The summed E-state index contributed by atoms with van der Waals surface area (Å²) >= 11 is 12.2. The summed E-state index contributed by atoms with van der Waals surface area (Å²) in [6.07, 6.45) is -1.12. The van der Waals surface area contributed by atoms with Gasteiger partial charge in [0.15, 0.2) is 6.23 Å². The monoisotopic (exact) mass is 380 g/mol. The van der Waals surface area contributed by atoms with Crippen molar-refractivity contribution in [2.75, 3.05) is 6.61 Å². The molecule has 6 nitrogen and oxygen atoms in total. The topological polar surface area (TPSA) is 79.7 Å². The fraction of sp³-hybridized carbons (Fsp3) is 0.235. The fourth-order valence-corrected chi connectivity index (χ4v) is 3.00. The number of aromatic nitrogens is 1. The van der Waals surface area contributed by atoms with E-state index in [9.17, 15) is 14.7 Å². The fourth-order valence-electron chi connectivity index (χ4n) is 2.63. The van der Waals surface area contributed by atoms with Crippen LogP contribution in [0.25, 0.3) is 0 Å². The molecule has 0 saturated heterocycles. The van der Waals surface area contributed by atoms with Crippen LogP contribution in [0.5, 0.6) is 0 Å². The summed E-state index contributed by atoms with van der Waals surface area (Å²) in [5.74, 6) is -0.988. The predicted molar refractivity (Wildman–Crippen MR) is 91.5 cm³/mol. The van der Waals surface area contributed by atoms with Gasteiger partial charge in [-0.15, -0.1) is 0 Å². The van der Waals surface area contributed by atoms with Gasteiger partial charge in [0.2, 0.25) is 0 Å². The number of amides is 1. The van der Waals surface area contributed by atoms with Crippen LogP contribution >= 0.6 is 23.2 Å². The molecule has 1 aliphatic heterocycles. The molecule has 0 saturated carbocycles. The number of aliphatic hydroxyl groups is 1. The highest BCUT2D eigenvalue weighted by molar-refractivity contribution is 6.42. The van der Waals surface area contributed by atoms with Gasteiger partial charge in [0.25, 0.3) is 5.91 Å². The summed E-state index contributed by atoms with van der Waals surface area (Å²) in [5.41, 5.74) is 1.12. The van der Waals surface area contributed by atoms with E-state index in [1.54, 1.807) is 31.2 Å². The molecule has 2 aromatic rings. The standard InChI is InChI=1S/C17H14Cl2N2O4/c1-2-25-17(24)12-7-11(18)14(19)13(20-12)8-21-15(22)9-5-3-4-6-10(9)16(21)23/h3-7,15,22H,2,8H2,1H3. The van der Waals surface area contributed by atoms with Crippen LogP contribution < -0.4 is 0 Å². The van der Waals surface area contributed by atoms with Crippen LogP contribution in [0.3, 0.4) is 0 Å². The molecule has 0 spiro atoms. The first-order valence-corrected chi connectivity index (χ1v) is 8.29. The van der Waals surface area contributed by atoms with Crippen LogP contribution in [0, 0.1) is 0 Å². The summed E-state index contributed by atoms with van der Waals surface area (Å²) in [4.78, 5) is 29.8. The molecule has 130 valence electrons. The Bertz CT molecular complexity index is 857. The van der Waals surface area contributed by atoms with Crippen LogP contribution in [0.1, 0.15) is 45.3 Å². The lowest BCUT2D eigenvalue weighted by atomic mass is 10.1. The first-order valence-electron chi connectivity index (χ1n) is 7.54. The largest absolute Gasteiger partial charge is 0.461 e. The zero-order chi connectivity index (χ0) is 18.1. The molecule has 8 heteroatoms. The molecule has 1 aromatic heterocycles. The van der Waals surface area contributed by atoms with Crippen molar-refractivity contribution in [1.29, 1.82) is 0 Å². The predicted octanol–water partition coefficient (Wildman–Crippen LogP) is 3.21. The first kappa shape index (κ1) is 17.7. The quantitative estimate of drug-likeness (QED) is 0.823. The summed E-state index contributed by atoms with van der Waals surface area (Å²) in [7, 11) is 0. The Balaban J connectivity index is 1.93. The Morgan fingerprint density at radius 2 is 2.08 bits per heavy atom. The van der Waals surface area contributed by atoms with E-state index in [1.165, 1.54) is 11.0 Å². The van der Waals surface area contributed by atoms with Crippen LogP contribution in [-0.4, -0.2) is 33.5 Å². The Morgan fingerprint density at radius 1 is 1.36 bits per heavy atom. The van der Waals surface area contributed by atoms with Crippen molar-refractivity contribution in [3.63, 3.8) is 0 Å². The highest BCUT2D eigenvalue weighted by Crippen LogP contribution is 2.34. The molecule has 1 aromatic carbocycles. The van der Waals surface area contributed by atoms with Gasteiger partial charge in [-0.2, -0.15) is 0 Å². The molecule has 0 radical (unpaired) electrons. The number of carbonyl (C=O) groups is 2. The number of carbonyl (C=O) groups excluding carboxylic acids is 2. The van der Waals surface area contributed by atoms with Crippen molar-refractivity contribution in [3.05, 3.63) is 62.9 Å². The average molecular weight is 381 g/mol. The van der Waals surface area contributed by atoms with Gasteiger partial charge in [-0.25, -0.2) is 9.78 Å². The number of hydrogen-bond donors (Lipinski definition) is 1. The minimum atomic E-state index is -1.12. The van der Waals surface area contributed by atoms with Gasteiger partial charge in [-0.1, -0.05) is 41.4 Å². The van der Waals surface area contributed by atoms with Crippen LogP contribution in [0.2, 0.25) is 10.0 Å². The molecular formula is C17H14Cl2N2O4. The minimum absolute atomic E-state index is 0.00935. The Morgan fingerprint density at radius 3 is 2.76 bits per heavy atom. The van der Waals surface area contributed by atoms with Crippen molar-refractivity contribution in [2.24, 2.45) is 0 Å². The number of rotatable bonds is 4. The lowest BCUT2D eigenvalue weighted by molar-refractivity contribution is 0.0132. The van der Waals surface area contributed by atoms with E-state index >= 15 is 0 Å². The van der Waals surface area contributed by atoms with Gasteiger partial charge >= 0.3 is 5.97 Å². The summed E-state index contributed by atoms with van der Waals surface area (Å²) in [5, 5.41) is 10.6. The van der Waals surface area contributed by atoms with Gasteiger partial charge in [-0.3, -0.25) is 4.79 Å². The minimum Gasteiger partial charge on any atom is -0.461 e. The number of nitrogens with zero attached hydrogens (tertiary/aromatic N) is 2. The van der Waals surface area contributed by atoms with Gasteiger partial charge in [0.1, 0.15) is 5.69 Å². The highest BCUT2D eigenvalue weighted by Gasteiger charge is 2.36. The van der Waals surface area contributed by atoms with Crippen LogP contribution in [0.15, 0.2) is 30.3 Å². The van der Waals surface area contributed by atoms with Crippen LogP contribution in [-0.2, 0) is 11.3 Å². The van der Waals surface area contributed by atoms with Gasteiger partial charge in [0, 0.05) is 11.1 Å². The molecule has 0 fully saturated rings. The number of pyridine rings is 1. The van der Waals surface area contributed by atoms with Crippen LogP contribution in [0.4, 0.5) is 0 Å². The second kappa shape index (κ2) is 7.00. The van der Waals surface area contributed by atoms with Crippen molar-refractivity contribution in [2.45, 2.75) is 19.7 Å². The Hall–Kier alpha value is -2.15. The third kappa shape index (κ3) is 3.20. The first-order chi connectivity index (χ1) is 11.9. The molecule has 25 heavy (non-hydrogen) atoms. The molecule has 0 aliphatic carbocycles.